The number of nitrogens with one attached hydrogen (secondary N) is 2. The van der Waals surface area contributed by atoms with E-state index in [0.29, 0.717) is 16.7 Å². The van der Waals surface area contributed by atoms with Gasteiger partial charge in [-0.2, -0.15) is 0 Å². The number of hydrogen-bond acceptors (Lipinski definition) is 4. The maximum absolute atomic E-state index is 5.43. The number of fused-ring (bicyclic) bond motifs is 3. The zero-order chi connectivity index (χ0) is 29.2. The van der Waals surface area contributed by atoms with Crippen LogP contribution in [0.4, 0.5) is 0 Å². The number of hydrogen-bond donors (Lipinski definition) is 2. The van der Waals surface area contributed by atoms with Gasteiger partial charge in [-0.1, -0.05) is 84.3 Å². The van der Waals surface area contributed by atoms with Gasteiger partial charge in [0.2, 0.25) is 0 Å². The monoisotopic (exact) mass is 544 g/mol. The lowest BCUT2D eigenvalue weighted by Crippen LogP contribution is -2.50. The maximum atomic E-state index is 5.43. The standard InChI is InChI=1S/C26H44N2O.C7H15N.C2H6/c1-8-10-20-11-12-21-23-14-13-22(19(5)28-29-27-18(3)4)26(23,7)17-15-24(21)25(20,6)16-9-2;1-3-7-4-6(2)5-8-7;1-2/h8,10,18,21-24,27H,1,9,11-17H2,2-7H3;6-8H,3-5H2,1-2H3;1-2H3/b20-10-,28-19+;;. The van der Waals surface area contributed by atoms with Crippen molar-refractivity contribution in [2.45, 2.75) is 146 Å². The zero-order valence-electron chi connectivity index (χ0n) is 27.5. The van der Waals surface area contributed by atoms with Gasteiger partial charge in [-0.15, -0.1) is 5.48 Å². The van der Waals surface area contributed by atoms with Gasteiger partial charge in [0.15, 0.2) is 0 Å². The van der Waals surface area contributed by atoms with Crippen molar-refractivity contribution in [2.24, 2.45) is 45.6 Å². The molecule has 1 saturated heterocycles. The summed E-state index contributed by atoms with van der Waals surface area (Å²) in [6.07, 6.45) is 17.6. The highest BCUT2D eigenvalue weighted by Gasteiger charge is 2.58. The first-order valence-corrected chi connectivity index (χ1v) is 16.6. The fourth-order valence-electron chi connectivity index (χ4n) is 8.89. The van der Waals surface area contributed by atoms with Gasteiger partial charge >= 0.3 is 0 Å². The molecular formula is C35H65N3O. The fourth-order valence-corrected chi connectivity index (χ4v) is 8.89. The molecule has 0 aromatic carbocycles. The number of allylic oxidation sites excluding steroid dienone is 3. The topological polar surface area (TPSA) is 45.6 Å². The van der Waals surface area contributed by atoms with Crippen LogP contribution in [0.3, 0.4) is 0 Å². The molecule has 4 rings (SSSR count). The lowest BCUT2D eigenvalue weighted by atomic mass is 9.47. The molecule has 2 N–H and O–H groups in total. The van der Waals surface area contributed by atoms with Gasteiger partial charge in [0, 0.05) is 18.0 Å². The summed E-state index contributed by atoms with van der Waals surface area (Å²) in [7, 11) is 0. The summed E-state index contributed by atoms with van der Waals surface area (Å²) in [5.41, 5.74) is 6.55. The van der Waals surface area contributed by atoms with E-state index in [2.05, 4.69) is 84.0 Å². The van der Waals surface area contributed by atoms with Gasteiger partial charge in [-0.25, -0.2) is 0 Å². The molecule has 3 saturated carbocycles. The minimum atomic E-state index is 0.283. The number of rotatable bonds is 8. The van der Waals surface area contributed by atoms with Crippen molar-refractivity contribution in [2.75, 3.05) is 6.54 Å². The lowest BCUT2D eigenvalue weighted by molar-refractivity contribution is -0.0418. The summed E-state index contributed by atoms with van der Waals surface area (Å²) >= 11 is 0. The van der Waals surface area contributed by atoms with Crippen LogP contribution in [0.25, 0.3) is 0 Å². The van der Waals surface area contributed by atoms with Crippen LogP contribution in [0.1, 0.15) is 133 Å². The molecule has 1 aliphatic heterocycles. The van der Waals surface area contributed by atoms with Crippen LogP contribution >= 0.6 is 0 Å². The minimum absolute atomic E-state index is 0.283. The highest BCUT2D eigenvalue weighted by Crippen LogP contribution is 2.66. The molecule has 4 fully saturated rings. The van der Waals surface area contributed by atoms with Gasteiger partial charge < -0.3 is 5.32 Å². The Hall–Kier alpha value is -1.13. The highest BCUT2D eigenvalue weighted by atomic mass is 16.8. The van der Waals surface area contributed by atoms with Crippen LogP contribution in [0.5, 0.6) is 0 Å². The molecule has 8 unspecified atom stereocenters. The van der Waals surface area contributed by atoms with E-state index in [-0.39, 0.29) is 6.04 Å². The lowest BCUT2D eigenvalue weighted by Gasteiger charge is -2.57. The number of nitrogens with zero attached hydrogens (tertiary/aromatic N) is 1. The molecule has 4 heteroatoms. The zero-order valence-corrected chi connectivity index (χ0v) is 27.5. The molecule has 4 aliphatic rings. The molecule has 0 bridgehead atoms. The van der Waals surface area contributed by atoms with Gasteiger partial charge in [0.05, 0.1) is 5.71 Å². The Morgan fingerprint density at radius 1 is 1.15 bits per heavy atom. The van der Waals surface area contributed by atoms with Crippen LogP contribution in [-0.2, 0) is 4.94 Å². The Morgan fingerprint density at radius 3 is 2.41 bits per heavy atom. The molecule has 8 atom stereocenters. The van der Waals surface area contributed by atoms with E-state index >= 15 is 0 Å². The average Bonchev–Trinajstić information content (AvgIpc) is 3.50. The summed E-state index contributed by atoms with van der Waals surface area (Å²) in [6.45, 7) is 27.6. The van der Waals surface area contributed by atoms with Crippen LogP contribution in [0, 0.1) is 40.4 Å². The van der Waals surface area contributed by atoms with E-state index in [4.69, 9.17) is 4.94 Å². The molecule has 1 heterocycles. The van der Waals surface area contributed by atoms with E-state index in [1.165, 1.54) is 76.5 Å². The smallest absolute Gasteiger partial charge is 0.0603 e. The second-order valence-electron chi connectivity index (χ2n) is 13.6. The molecule has 226 valence electrons. The SMILES string of the molecule is C=C/C=C1/CCC2C(CCC3(C)C(/C(C)=N/ONC(C)C)CCC23)C1(C)CCC.CC.CCC1CC(C)CN1. The number of hydroxylamine groups is 1. The van der Waals surface area contributed by atoms with Crippen molar-refractivity contribution in [1.29, 1.82) is 0 Å². The Bertz CT molecular complexity index is 804. The molecule has 0 amide bonds. The highest BCUT2D eigenvalue weighted by molar-refractivity contribution is 5.85. The molecular weight excluding hydrogens is 478 g/mol. The van der Waals surface area contributed by atoms with Crippen molar-refractivity contribution in [3.8, 4) is 0 Å². The van der Waals surface area contributed by atoms with Crippen LogP contribution in [0.2, 0.25) is 0 Å². The number of oxime groups is 1. The summed E-state index contributed by atoms with van der Waals surface area (Å²) in [5, 5.41) is 7.92. The maximum Gasteiger partial charge on any atom is 0.0603 e. The third-order valence-corrected chi connectivity index (χ3v) is 10.7. The molecule has 0 spiro atoms. The Balaban J connectivity index is 0.000000451. The average molecular weight is 544 g/mol. The third-order valence-electron chi connectivity index (χ3n) is 10.7. The summed E-state index contributed by atoms with van der Waals surface area (Å²) < 4.78 is 0. The van der Waals surface area contributed by atoms with E-state index < -0.39 is 0 Å². The van der Waals surface area contributed by atoms with Crippen molar-refractivity contribution in [3.63, 3.8) is 0 Å². The summed E-state index contributed by atoms with van der Waals surface area (Å²) in [5.74, 6) is 4.00. The van der Waals surface area contributed by atoms with Crippen LogP contribution in [-0.4, -0.2) is 24.3 Å². The fraction of sp³-hybridized carbons (Fsp3) is 0.857. The summed E-state index contributed by atoms with van der Waals surface area (Å²) in [4.78, 5) is 5.43. The third kappa shape index (κ3) is 8.00. The minimum Gasteiger partial charge on any atom is -0.314 e. The molecule has 0 aromatic rings. The van der Waals surface area contributed by atoms with Gasteiger partial charge in [-0.05, 0) is 120 Å². The molecule has 0 aromatic heterocycles. The van der Waals surface area contributed by atoms with Crippen molar-refractivity contribution in [3.05, 3.63) is 24.3 Å². The largest absolute Gasteiger partial charge is 0.314 e. The molecule has 3 aliphatic carbocycles. The van der Waals surface area contributed by atoms with Crippen LogP contribution in [0.15, 0.2) is 29.5 Å². The second kappa shape index (κ2) is 15.8. The first kappa shape index (κ1) is 34.1. The quantitative estimate of drug-likeness (QED) is 0.237. The van der Waals surface area contributed by atoms with Crippen molar-refractivity contribution < 1.29 is 4.94 Å². The first-order valence-electron chi connectivity index (χ1n) is 16.6. The Labute approximate surface area is 243 Å². The second-order valence-corrected chi connectivity index (χ2v) is 13.6. The van der Waals surface area contributed by atoms with Gasteiger partial charge in [0.1, 0.15) is 0 Å². The van der Waals surface area contributed by atoms with E-state index in [0.717, 1.165) is 29.7 Å². The molecule has 39 heavy (non-hydrogen) atoms. The van der Waals surface area contributed by atoms with Gasteiger partial charge in [0.25, 0.3) is 0 Å². The van der Waals surface area contributed by atoms with Crippen molar-refractivity contribution >= 4 is 5.71 Å². The van der Waals surface area contributed by atoms with E-state index in [9.17, 15) is 0 Å². The van der Waals surface area contributed by atoms with Crippen molar-refractivity contribution in [1.82, 2.24) is 10.8 Å². The van der Waals surface area contributed by atoms with E-state index in [1.807, 2.05) is 19.9 Å². The summed E-state index contributed by atoms with van der Waals surface area (Å²) in [6, 6.07) is 1.11. The predicted octanol–water partition coefficient (Wildman–Crippen LogP) is 9.48. The first-order chi connectivity index (χ1) is 18.6. The van der Waals surface area contributed by atoms with E-state index in [1.54, 1.807) is 5.57 Å². The van der Waals surface area contributed by atoms with Gasteiger partial charge in [-0.3, -0.25) is 4.94 Å². The Morgan fingerprint density at radius 2 is 1.87 bits per heavy atom. The molecule has 4 nitrogen and oxygen atoms in total. The predicted molar refractivity (Wildman–Crippen MR) is 171 cm³/mol. The van der Waals surface area contributed by atoms with Crippen LogP contribution < -0.4 is 10.8 Å². The normalized spacial score (nSPS) is 38.7. The Kier molecular flexibility index (Phi) is 13.8. The molecule has 0 radical (unpaired) electrons.